The first kappa shape index (κ1) is 21.1. The van der Waals surface area contributed by atoms with Crippen LogP contribution < -0.4 is 5.73 Å². The summed E-state index contributed by atoms with van der Waals surface area (Å²) in [6.45, 7) is 5.53. The predicted molar refractivity (Wildman–Crippen MR) is 116 cm³/mol. The molecule has 6 atom stereocenters. The van der Waals surface area contributed by atoms with Gasteiger partial charge in [-0.05, 0) is 80.5 Å². The molecule has 170 valence electrons. The maximum Gasteiger partial charge on any atom is 0.230 e. The van der Waals surface area contributed by atoms with Crippen LogP contribution in [0.2, 0.25) is 0 Å². The molecule has 0 aliphatic heterocycles. The third kappa shape index (κ3) is 3.53. The van der Waals surface area contributed by atoms with Gasteiger partial charge < -0.3 is 15.1 Å². The van der Waals surface area contributed by atoms with Gasteiger partial charge in [-0.2, -0.15) is 4.98 Å². The van der Waals surface area contributed by atoms with E-state index in [9.17, 15) is 4.79 Å². The number of hydrogen-bond donors (Lipinski definition) is 1. The lowest BCUT2D eigenvalue weighted by Gasteiger charge is -2.59. The van der Waals surface area contributed by atoms with Crippen LogP contribution in [0, 0.1) is 34.5 Å². The SMILES string of the molecule is C[C@]12CCC(=NOCCc3nc(CN)no3)CC1CCC1C2CC[C@]2(C)C(=O)CCC12. The molecule has 1 aromatic heterocycles. The van der Waals surface area contributed by atoms with E-state index in [0.29, 0.717) is 47.8 Å². The number of nitrogens with two attached hydrogens (primary N) is 1. The van der Waals surface area contributed by atoms with Gasteiger partial charge in [-0.25, -0.2) is 0 Å². The third-order valence-electron chi connectivity index (χ3n) is 9.50. The molecule has 0 bridgehead atoms. The molecule has 4 fully saturated rings. The Kier molecular flexibility index (Phi) is 5.43. The van der Waals surface area contributed by atoms with Crippen LogP contribution in [-0.4, -0.2) is 28.2 Å². The molecule has 0 spiro atoms. The minimum atomic E-state index is -0.0250. The van der Waals surface area contributed by atoms with Gasteiger partial charge in [-0.1, -0.05) is 24.2 Å². The molecule has 2 N–H and O–H groups in total. The fourth-order valence-corrected chi connectivity index (χ4v) is 7.66. The Balaban J connectivity index is 1.19. The normalized spacial score (nSPS) is 41.0. The summed E-state index contributed by atoms with van der Waals surface area (Å²) < 4.78 is 5.13. The van der Waals surface area contributed by atoms with Gasteiger partial charge in [0.15, 0.2) is 5.82 Å². The average molecular weight is 429 g/mol. The quantitative estimate of drug-likeness (QED) is 0.560. The van der Waals surface area contributed by atoms with Gasteiger partial charge in [0.05, 0.1) is 18.7 Å². The molecule has 1 heterocycles. The molecular weight excluding hydrogens is 392 g/mol. The Morgan fingerprint density at radius 2 is 2.03 bits per heavy atom. The van der Waals surface area contributed by atoms with E-state index in [2.05, 4.69) is 29.1 Å². The lowest BCUT2D eigenvalue weighted by molar-refractivity contribution is -0.137. The Labute approximate surface area is 184 Å². The number of fused-ring (bicyclic) bond motifs is 5. The van der Waals surface area contributed by atoms with E-state index in [0.717, 1.165) is 43.9 Å². The number of carbonyl (C=O) groups excluding carboxylic acids is 1. The van der Waals surface area contributed by atoms with Crippen LogP contribution in [0.5, 0.6) is 0 Å². The predicted octanol–water partition coefficient (Wildman–Crippen LogP) is 4.06. The lowest BCUT2D eigenvalue weighted by atomic mass is 9.45. The highest BCUT2D eigenvalue weighted by atomic mass is 16.6. The number of carbonyl (C=O) groups is 1. The fraction of sp³-hybridized carbons (Fsp3) is 0.833. The van der Waals surface area contributed by atoms with E-state index >= 15 is 0 Å². The minimum absolute atomic E-state index is 0.0250. The summed E-state index contributed by atoms with van der Waals surface area (Å²) >= 11 is 0. The smallest absolute Gasteiger partial charge is 0.230 e. The number of aromatic nitrogens is 2. The molecule has 1 aromatic rings. The van der Waals surface area contributed by atoms with E-state index in [1.807, 2.05) is 0 Å². The van der Waals surface area contributed by atoms with Crippen molar-refractivity contribution in [3.8, 4) is 0 Å². The number of nitrogens with zero attached hydrogens (tertiary/aromatic N) is 3. The van der Waals surface area contributed by atoms with Crippen LogP contribution in [0.15, 0.2) is 9.68 Å². The number of Topliss-reactive ketones (excluding diaryl/α,β-unsaturated/α-hetero) is 1. The van der Waals surface area contributed by atoms with Crippen molar-refractivity contribution in [1.29, 1.82) is 0 Å². The summed E-state index contributed by atoms with van der Waals surface area (Å²) in [7, 11) is 0. The Morgan fingerprint density at radius 1 is 1.16 bits per heavy atom. The molecule has 4 aliphatic carbocycles. The van der Waals surface area contributed by atoms with E-state index in [4.69, 9.17) is 15.1 Å². The second kappa shape index (κ2) is 7.98. The average Bonchev–Trinajstić information content (AvgIpc) is 3.35. The maximum atomic E-state index is 12.6. The molecule has 0 saturated heterocycles. The van der Waals surface area contributed by atoms with Crippen LogP contribution in [-0.2, 0) is 22.6 Å². The fourth-order valence-electron chi connectivity index (χ4n) is 7.66. The molecule has 4 unspecified atom stereocenters. The highest BCUT2D eigenvalue weighted by Crippen LogP contribution is 2.65. The summed E-state index contributed by atoms with van der Waals surface area (Å²) in [5.41, 5.74) is 7.07. The Bertz CT molecular complexity index is 867. The van der Waals surface area contributed by atoms with Crippen molar-refractivity contribution in [2.45, 2.75) is 84.6 Å². The summed E-state index contributed by atoms with van der Waals surface area (Å²) in [4.78, 5) is 22.4. The van der Waals surface area contributed by atoms with E-state index in [-0.39, 0.29) is 12.0 Å². The summed E-state index contributed by atoms with van der Waals surface area (Å²) in [6.07, 6.45) is 10.7. The largest absolute Gasteiger partial charge is 0.395 e. The van der Waals surface area contributed by atoms with Gasteiger partial charge >= 0.3 is 0 Å². The van der Waals surface area contributed by atoms with Crippen LogP contribution in [0.3, 0.4) is 0 Å². The molecule has 5 rings (SSSR count). The van der Waals surface area contributed by atoms with Crippen LogP contribution in [0.1, 0.15) is 83.3 Å². The maximum absolute atomic E-state index is 12.6. The zero-order valence-electron chi connectivity index (χ0n) is 18.9. The highest BCUT2D eigenvalue weighted by molar-refractivity contribution is 5.87. The first-order chi connectivity index (χ1) is 14.9. The lowest BCUT2D eigenvalue weighted by Crippen LogP contribution is -2.53. The first-order valence-electron chi connectivity index (χ1n) is 12.2. The topological polar surface area (TPSA) is 104 Å². The zero-order valence-corrected chi connectivity index (χ0v) is 18.9. The van der Waals surface area contributed by atoms with Crippen molar-refractivity contribution in [2.75, 3.05) is 6.61 Å². The number of ketones is 1. The second-order valence-electron chi connectivity index (χ2n) is 10.8. The molecule has 0 radical (unpaired) electrons. The van der Waals surface area contributed by atoms with E-state index < -0.39 is 0 Å². The van der Waals surface area contributed by atoms with E-state index in [1.165, 1.54) is 31.4 Å². The van der Waals surface area contributed by atoms with Gasteiger partial charge in [0, 0.05) is 11.8 Å². The van der Waals surface area contributed by atoms with Crippen molar-refractivity contribution < 1.29 is 14.2 Å². The number of hydrogen-bond acceptors (Lipinski definition) is 7. The van der Waals surface area contributed by atoms with Gasteiger partial charge in [-0.15, -0.1) is 0 Å². The third-order valence-corrected chi connectivity index (χ3v) is 9.50. The molecule has 0 aromatic carbocycles. The standard InChI is InChI=1S/C24H36N4O3/c1-23-10-7-16(27-30-12-9-22-26-21(14-25)28-31-22)13-15(23)3-4-17-18-5-6-20(29)24(18,2)11-8-19(17)23/h15,17-19H,3-14,25H2,1-2H3/t15?,17?,18?,19?,23-,24-/m0/s1. The van der Waals surface area contributed by atoms with Crippen LogP contribution >= 0.6 is 0 Å². The second-order valence-corrected chi connectivity index (χ2v) is 10.8. The van der Waals surface area contributed by atoms with E-state index in [1.54, 1.807) is 0 Å². The van der Waals surface area contributed by atoms with Crippen LogP contribution in [0.25, 0.3) is 0 Å². The van der Waals surface area contributed by atoms with Crippen molar-refractivity contribution >= 4 is 11.5 Å². The Morgan fingerprint density at radius 3 is 2.84 bits per heavy atom. The van der Waals surface area contributed by atoms with Crippen molar-refractivity contribution in [3.05, 3.63) is 11.7 Å². The van der Waals surface area contributed by atoms with Gasteiger partial charge in [0.25, 0.3) is 0 Å². The summed E-state index contributed by atoms with van der Waals surface area (Å²) in [5.74, 6) is 4.44. The summed E-state index contributed by atoms with van der Waals surface area (Å²) in [5, 5.41) is 8.28. The number of rotatable bonds is 5. The van der Waals surface area contributed by atoms with Gasteiger partial charge in [-0.3, -0.25) is 4.79 Å². The van der Waals surface area contributed by atoms with Crippen LogP contribution in [0.4, 0.5) is 0 Å². The monoisotopic (exact) mass is 428 g/mol. The zero-order chi connectivity index (χ0) is 21.6. The number of oxime groups is 1. The summed E-state index contributed by atoms with van der Waals surface area (Å²) in [6, 6.07) is 0. The molecule has 0 amide bonds. The molecule has 7 heteroatoms. The molecule has 31 heavy (non-hydrogen) atoms. The molecule has 7 nitrogen and oxygen atoms in total. The van der Waals surface area contributed by atoms with Gasteiger partial charge in [0.1, 0.15) is 12.4 Å². The highest BCUT2D eigenvalue weighted by Gasteiger charge is 2.60. The van der Waals surface area contributed by atoms with Crippen molar-refractivity contribution in [1.82, 2.24) is 10.1 Å². The molecule has 4 saturated carbocycles. The molecular formula is C24H36N4O3. The Hall–Kier alpha value is -1.76. The van der Waals surface area contributed by atoms with Crippen molar-refractivity contribution in [2.24, 2.45) is 45.4 Å². The molecule has 4 aliphatic rings. The van der Waals surface area contributed by atoms with Crippen molar-refractivity contribution in [3.63, 3.8) is 0 Å². The minimum Gasteiger partial charge on any atom is -0.395 e. The van der Waals surface area contributed by atoms with Gasteiger partial charge in [0.2, 0.25) is 5.89 Å². The first-order valence-corrected chi connectivity index (χ1v) is 12.2.